The maximum atomic E-state index is 12.6. The number of aliphatic hydroxyl groups excluding tert-OH is 1. The lowest BCUT2D eigenvalue weighted by Gasteiger charge is -2.54. The van der Waals surface area contributed by atoms with Gasteiger partial charge in [-0.3, -0.25) is 4.90 Å². The molecule has 0 saturated heterocycles. The molecule has 6 heteroatoms. The minimum absolute atomic E-state index is 0.141. The first-order chi connectivity index (χ1) is 18.7. The number of likely N-dealkylation sites (N-methyl/N-ethyl adjacent to an activating group) is 1. The molecule has 0 bridgehead atoms. The Balaban J connectivity index is 1.88. The molecular weight excluding hydrogens is 496 g/mol. The molecule has 1 aromatic carbocycles. The first-order valence-corrected chi connectivity index (χ1v) is 14.6. The Hall–Kier alpha value is -2.80. The van der Waals surface area contributed by atoms with Crippen LogP contribution in [0.5, 0.6) is 0 Å². The SMILES string of the molecule is C=C(N)C1=C(O)[C@@H](N(C)C)[C@@H]2C[C@@H]3Cc4c(N(C)C)cc(CNCC(C)CC)c(C)c4C(=C)C3=C(C)[C@]2(O)C1=C. The highest BCUT2D eigenvalue weighted by Gasteiger charge is 2.57. The highest BCUT2D eigenvalue weighted by atomic mass is 16.3. The Bertz CT molecular complexity index is 1320. The number of allylic oxidation sites excluding steroid dienone is 3. The summed E-state index contributed by atoms with van der Waals surface area (Å²) in [6.45, 7) is 23.4. The summed E-state index contributed by atoms with van der Waals surface area (Å²) in [4.78, 5) is 4.18. The van der Waals surface area contributed by atoms with Gasteiger partial charge in [-0.15, -0.1) is 0 Å². The monoisotopic (exact) mass is 546 g/mol. The van der Waals surface area contributed by atoms with Crippen molar-refractivity contribution in [3.63, 3.8) is 0 Å². The number of fused-ring (bicyclic) bond motifs is 3. The molecule has 218 valence electrons. The van der Waals surface area contributed by atoms with Crippen LogP contribution >= 0.6 is 0 Å². The maximum Gasteiger partial charge on any atom is 0.119 e. The second-order valence-electron chi connectivity index (χ2n) is 12.8. The van der Waals surface area contributed by atoms with E-state index < -0.39 is 11.6 Å². The van der Waals surface area contributed by atoms with E-state index in [4.69, 9.17) is 5.73 Å². The van der Waals surface area contributed by atoms with Crippen LogP contribution in [0.25, 0.3) is 5.57 Å². The topological polar surface area (TPSA) is 85.0 Å². The lowest BCUT2D eigenvalue weighted by Crippen LogP contribution is -2.58. The minimum Gasteiger partial charge on any atom is -0.510 e. The molecule has 6 nitrogen and oxygen atoms in total. The number of anilines is 1. The molecule has 0 heterocycles. The zero-order valence-corrected chi connectivity index (χ0v) is 25.9. The van der Waals surface area contributed by atoms with E-state index in [9.17, 15) is 10.2 Å². The lowest BCUT2D eigenvalue weighted by atomic mass is 9.55. The van der Waals surface area contributed by atoms with Crippen LogP contribution in [0.15, 0.2) is 59.6 Å². The van der Waals surface area contributed by atoms with Gasteiger partial charge in [0.05, 0.1) is 6.04 Å². The van der Waals surface area contributed by atoms with Crippen LogP contribution in [0.2, 0.25) is 0 Å². The number of aliphatic hydroxyl groups is 2. The third-order valence-corrected chi connectivity index (χ3v) is 9.86. The standard InChI is InChI=1S/C34H50N4O2/c1-12-18(2)16-36-17-25-15-28(37(8)9)26-13-24-14-27-32(38(10)11)33(39)31(23(7)35)22(6)34(27,40)21(5)30(24)20(4)29(26)19(25)3/h15,18,24,27,32,36,39-40H,4,6-7,12-14,16-17,35H2,1-3,5,8-11H3/t18?,24-,27-,32-,34-/m0/s1. The summed E-state index contributed by atoms with van der Waals surface area (Å²) in [5.74, 6) is 0.656. The third-order valence-electron chi connectivity index (χ3n) is 9.86. The predicted molar refractivity (Wildman–Crippen MR) is 168 cm³/mol. The fraction of sp³-hybridized carbons (Fsp3) is 0.529. The van der Waals surface area contributed by atoms with Gasteiger partial charge in [-0.2, -0.15) is 0 Å². The van der Waals surface area contributed by atoms with Gasteiger partial charge in [-0.25, -0.2) is 0 Å². The van der Waals surface area contributed by atoms with Crippen LogP contribution in [0, 0.1) is 24.7 Å². The van der Waals surface area contributed by atoms with E-state index >= 15 is 0 Å². The van der Waals surface area contributed by atoms with Crippen molar-refractivity contribution in [1.29, 1.82) is 0 Å². The van der Waals surface area contributed by atoms with Crippen LogP contribution in [0.4, 0.5) is 5.69 Å². The molecule has 0 fully saturated rings. The molecule has 1 unspecified atom stereocenters. The number of nitrogens with one attached hydrogen (secondary N) is 1. The number of nitrogens with zero attached hydrogens (tertiary/aromatic N) is 2. The average molecular weight is 547 g/mol. The fourth-order valence-electron chi connectivity index (χ4n) is 7.55. The third kappa shape index (κ3) is 4.54. The first kappa shape index (κ1) is 30.2. The van der Waals surface area contributed by atoms with E-state index in [1.54, 1.807) is 0 Å². The van der Waals surface area contributed by atoms with Crippen LogP contribution < -0.4 is 16.0 Å². The highest BCUT2D eigenvalue weighted by Crippen LogP contribution is 2.58. The van der Waals surface area contributed by atoms with Crippen molar-refractivity contribution < 1.29 is 10.2 Å². The molecule has 0 aromatic heterocycles. The molecule has 5 atom stereocenters. The molecule has 0 saturated carbocycles. The molecule has 0 aliphatic heterocycles. The van der Waals surface area contributed by atoms with Crippen molar-refractivity contribution >= 4 is 11.3 Å². The van der Waals surface area contributed by atoms with E-state index in [0.717, 1.165) is 42.7 Å². The van der Waals surface area contributed by atoms with Crippen molar-refractivity contribution in [2.45, 2.75) is 65.1 Å². The van der Waals surface area contributed by atoms with Crippen molar-refractivity contribution in [1.82, 2.24) is 10.2 Å². The van der Waals surface area contributed by atoms with Crippen molar-refractivity contribution in [3.05, 3.63) is 81.8 Å². The van der Waals surface area contributed by atoms with E-state index in [1.807, 2.05) is 25.9 Å². The van der Waals surface area contributed by atoms with Gasteiger partial charge < -0.3 is 26.2 Å². The molecule has 3 aliphatic rings. The first-order valence-electron chi connectivity index (χ1n) is 14.6. The molecule has 3 aliphatic carbocycles. The Morgan fingerprint density at radius 2 is 1.88 bits per heavy atom. The highest BCUT2D eigenvalue weighted by molar-refractivity contribution is 5.88. The largest absolute Gasteiger partial charge is 0.510 e. The van der Waals surface area contributed by atoms with Crippen LogP contribution in [0.3, 0.4) is 0 Å². The molecule has 5 N–H and O–H groups in total. The molecule has 0 amide bonds. The van der Waals surface area contributed by atoms with Crippen LogP contribution in [-0.4, -0.2) is 61.5 Å². The maximum absolute atomic E-state index is 12.6. The smallest absolute Gasteiger partial charge is 0.119 e. The fourth-order valence-corrected chi connectivity index (χ4v) is 7.55. The zero-order valence-electron chi connectivity index (χ0n) is 25.9. The van der Waals surface area contributed by atoms with Crippen molar-refractivity contribution in [2.75, 3.05) is 39.6 Å². The molecule has 0 spiro atoms. The summed E-state index contributed by atoms with van der Waals surface area (Å²) in [6.07, 6.45) is 2.71. The van der Waals surface area contributed by atoms with Gasteiger partial charge in [-0.1, -0.05) is 40.0 Å². The summed E-state index contributed by atoms with van der Waals surface area (Å²) < 4.78 is 0. The quantitative estimate of drug-likeness (QED) is 0.357. The van der Waals surface area contributed by atoms with Crippen molar-refractivity contribution in [2.24, 2.45) is 23.5 Å². The van der Waals surface area contributed by atoms with E-state index in [1.165, 1.54) is 27.9 Å². The van der Waals surface area contributed by atoms with Gasteiger partial charge in [0.2, 0.25) is 0 Å². The Labute approximate surface area is 241 Å². The van der Waals surface area contributed by atoms with Gasteiger partial charge in [0.1, 0.15) is 11.4 Å². The minimum atomic E-state index is -1.36. The van der Waals surface area contributed by atoms with E-state index in [0.29, 0.717) is 23.5 Å². The Morgan fingerprint density at radius 1 is 1.23 bits per heavy atom. The van der Waals surface area contributed by atoms with E-state index in [-0.39, 0.29) is 23.3 Å². The van der Waals surface area contributed by atoms with Gasteiger partial charge >= 0.3 is 0 Å². The molecule has 1 aromatic rings. The van der Waals surface area contributed by atoms with Gasteiger partial charge in [0, 0.05) is 43.5 Å². The Morgan fingerprint density at radius 3 is 2.42 bits per heavy atom. The normalized spacial score (nSPS) is 27.0. The average Bonchev–Trinajstić information content (AvgIpc) is 2.86. The van der Waals surface area contributed by atoms with Gasteiger partial charge in [-0.05, 0) is 110 Å². The molecular formula is C34H50N4O2. The molecule has 0 radical (unpaired) electrons. The Kier molecular flexibility index (Phi) is 8.21. The number of nitrogens with two attached hydrogens (primary N) is 1. The second kappa shape index (κ2) is 10.9. The predicted octanol–water partition coefficient (Wildman–Crippen LogP) is 5.23. The van der Waals surface area contributed by atoms with Crippen molar-refractivity contribution in [3.8, 4) is 0 Å². The lowest BCUT2D eigenvalue weighted by molar-refractivity contribution is -0.0178. The van der Waals surface area contributed by atoms with Gasteiger partial charge in [0.25, 0.3) is 0 Å². The summed E-state index contributed by atoms with van der Waals surface area (Å²) in [6, 6.07) is 1.93. The number of rotatable bonds is 8. The van der Waals surface area contributed by atoms with Crippen LogP contribution in [-0.2, 0) is 13.0 Å². The summed E-state index contributed by atoms with van der Waals surface area (Å²) in [5, 5.41) is 27.6. The second-order valence-corrected chi connectivity index (χ2v) is 12.8. The van der Waals surface area contributed by atoms with Gasteiger partial charge in [0.15, 0.2) is 0 Å². The van der Waals surface area contributed by atoms with E-state index in [2.05, 4.69) is 70.9 Å². The number of hydrogen-bond donors (Lipinski definition) is 4. The molecule has 40 heavy (non-hydrogen) atoms. The number of hydrogen-bond acceptors (Lipinski definition) is 6. The van der Waals surface area contributed by atoms with Crippen LogP contribution in [0.1, 0.15) is 55.9 Å². The zero-order chi connectivity index (χ0) is 29.8. The number of benzene rings is 1. The summed E-state index contributed by atoms with van der Waals surface area (Å²) >= 11 is 0. The summed E-state index contributed by atoms with van der Waals surface area (Å²) in [5.41, 5.74) is 15.0. The molecule has 4 rings (SSSR count). The summed E-state index contributed by atoms with van der Waals surface area (Å²) in [7, 11) is 8.08.